The first-order valence-electron chi connectivity index (χ1n) is 12.0. The van der Waals surface area contributed by atoms with Gasteiger partial charge in [-0.05, 0) is 56.3 Å². The van der Waals surface area contributed by atoms with Gasteiger partial charge in [-0.3, -0.25) is 9.69 Å². The normalized spacial score (nSPS) is 14.6. The van der Waals surface area contributed by atoms with Crippen molar-refractivity contribution in [2.75, 3.05) is 45.2 Å². The summed E-state index contributed by atoms with van der Waals surface area (Å²) >= 11 is 0. The first kappa shape index (κ1) is 24.8. The van der Waals surface area contributed by atoms with Crippen molar-refractivity contribution < 1.29 is 18.8 Å². The van der Waals surface area contributed by atoms with E-state index in [4.69, 9.17) is 14.0 Å². The summed E-state index contributed by atoms with van der Waals surface area (Å²) < 4.78 is 16.6. The molecule has 1 aliphatic heterocycles. The number of aryl methyl sites for hydroxylation is 2. The molecule has 1 N–H and O–H groups in total. The van der Waals surface area contributed by atoms with E-state index in [2.05, 4.69) is 39.3 Å². The number of hydrogen-bond acceptors (Lipinski definition) is 7. The molecule has 1 fully saturated rings. The second-order valence-electron chi connectivity index (χ2n) is 8.82. The van der Waals surface area contributed by atoms with Crippen LogP contribution >= 0.6 is 0 Å². The van der Waals surface area contributed by atoms with Crippen molar-refractivity contribution in [3.63, 3.8) is 0 Å². The van der Waals surface area contributed by atoms with Gasteiger partial charge in [-0.2, -0.15) is 0 Å². The SMILES string of the molecule is CCN1CCN(Cc2ccc(NC(=O)c3ccc(OCc4c(C)noc4C)c(OC)c3)cc2)CC1. The maximum Gasteiger partial charge on any atom is 0.255 e. The first-order chi connectivity index (χ1) is 17.0. The average Bonchev–Trinajstić information content (AvgIpc) is 3.21. The zero-order chi connectivity index (χ0) is 24.8. The Morgan fingerprint density at radius 3 is 2.37 bits per heavy atom. The lowest BCUT2D eigenvalue weighted by Crippen LogP contribution is -2.45. The molecule has 0 atom stereocenters. The van der Waals surface area contributed by atoms with Crippen LogP contribution in [0, 0.1) is 13.8 Å². The van der Waals surface area contributed by atoms with Gasteiger partial charge in [0.1, 0.15) is 12.4 Å². The number of nitrogens with zero attached hydrogens (tertiary/aromatic N) is 3. The molecule has 3 aromatic rings. The van der Waals surface area contributed by atoms with Crippen molar-refractivity contribution in [2.45, 2.75) is 33.9 Å². The lowest BCUT2D eigenvalue weighted by molar-refractivity contribution is 0.102. The monoisotopic (exact) mass is 478 g/mol. The summed E-state index contributed by atoms with van der Waals surface area (Å²) in [5.41, 5.74) is 4.19. The van der Waals surface area contributed by atoms with E-state index in [-0.39, 0.29) is 5.91 Å². The van der Waals surface area contributed by atoms with Crippen molar-refractivity contribution in [3.05, 3.63) is 70.6 Å². The predicted molar refractivity (Wildman–Crippen MR) is 135 cm³/mol. The van der Waals surface area contributed by atoms with Gasteiger partial charge in [-0.15, -0.1) is 0 Å². The van der Waals surface area contributed by atoms with E-state index in [9.17, 15) is 4.79 Å². The van der Waals surface area contributed by atoms with Crippen molar-refractivity contribution in [3.8, 4) is 11.5 Å². The van der Waals surface area contributed by atoms with Gasteiger partial charge in [0, 0.05) is 44.0 Å². The predicted octanol–water partition coefficient (Wildman–Crippen LogP) is 4.27. The standard InChI is InChI=1S/C27H34N4O4/c1-5-30-12-14-31(15-13-30)17-21-6-9-23(10-7-21)28-27(32)22-8-11-25(26(16-22)33-4)34-18-24-19(2)29-35-20(24)3/h6-11,16H,5,12-15,17-18H2,1-4H3,(H,28,32). The lowest BCUT2D eigenvalue weighted by atomic mass is 10.1. The Hall–Kier alpha value is -3.36. The molecule has 0 radical (unpaired) electrons. The average molecular weight is 479 g/mol. The third-order valence-corrected chi connectivity index (χ3v) is 6.51. The Morgan fingerprint density at radius 2 is 1.74 bits per heavy atom. The zero-order valence-electron chi connectivity index (χ0n) is 21.0. The van der Waals surface area contributed by atoms with Crippen LogP contribution in [-0.4, -0.2) is 60.7 Å². The molecule has 2 heterocycles. The Bertz CT molecular complexity index is 1120. The van der Waals surface area contributed by atoms with Crippen LogP contribution in [0.3, 0.4) is 0 Å². The molecule has 1 saturated heterocycles. The van der Waals surface area contributed by atoms with E-state index in [0.29, 0.717) is 23.7 Å². The van der Waals surface area contributed by atoms with Gasteiger partial charge in [0.2, 0.25) is 0 Å². The number of anilines is 1. The highest BCUT2D eigenvalue weighted by atomic mass is 16.5. The minimum absolute atomic E-state index is 0.205. The van der Waals surface area contributed by atoms with Gasteiger partial charge in [-0.1, -0.05) is 24.2 Å². The van der Waals surface area contributed by atoms with Crippen LogP contribution in [0.4, 0.5) is 5.69 Å². The lowest BCUT2D eigenvalue weighted by Gasteiger charge is -2.34. The first-order valence-corrected chi connectivity index (χ1v) is 12.0. The molecular formula is C27H34N4O4. The Kier molecular flexibility index (Phi) is 8.05. The van der Waals surface area contributed by atoms with E-state index in [1.165, 1.54) is 5.56 Å². The van der Waals surface area contributed by atoms with E-state index >= 15 is 0 Å². The smallest absolute Gasteiger partial charge is 0.255 e. The van der Waals surface area contributed by atoms with Gasteiger partial charge in [0.25, 0.3) is 5.91 Å². The molecule has 0 spiro atoms. The number of carbonyl (C=O) groups is 1. The van der Waals surface area contributed by atoms with E-state index in [1.54, 1.807) is 25.3 Å². The van der Waals surface area contributed by atoms with Crippen LogP contribution in [0.25, 0.3) is 0 Å². The molecule has 4 rings (SSSR count). The van der Waals surface area contributed by atoms with Crippen LogP contribution in [0.5, 0.6) is 11.5 Å². The Balaban J connectivity index is 1.34. The second-order valence-corrected chi connectivity index (χ2v) is 8.82. The number of nitrogens with one attached hydrogen (secondary N) is 1. The molecule has 0 aliphatic carbocycles. The fourth-order valence-corrected chi connectivity index (χ4v) is 4.20. The van der Waals surface area contributed by atoms with Crippen LogP contribution in [0.1, 0.15) is 39.9 Å². The fraction of sp³-hybridized carbons (Fsp3) is 0.407. The van der Waals surface area contributed by atoms with Gasteiger partial charge >= 0.3 is 0 Å². The molecule has 2 aromatic carbocycles. The minimum Gasteiger partial charge on any atom is -0.493 e. The number of carbonyl (C=O) groups excluding carboxylic acids is 1. The largest absolute Gasteiger partial charge is 0.493 e. The highest BCUT2D eigenvalue weighted by Crippen LogP contribution is 2.30. The van der Waals surface area contributed by atoms with Crippen molar-refractivity contribution in [1.29, 1.82) is 0 Å². The van der Waals surface area contributed by atoms with E-state index < -0.39 is 0 Å². The highest BCUT2D eigenvalue weighted by Gasteiger charge is 2.16. The van der Waals surface area contributed by atoms with Crippen LogP contribution in [0.15, 0.2) is 47.0 Å². The van der Waals surface area contributed by atoms with Gasteiger partial charge in [0.05, 0.1) is 18.4 Å². The third kappa shape index (κ3) is 6.21. The molecule has 0 unspecified atom stereocenters. The number of likely N-dealkylation sites (N-methyl/N-ethyl adjacent to an activating group) is 1. The molecule has 35 heavy (non-hydrogen) atoms. The summed E-state index contributed by atoms with van der Waals surface area (Å²) in [4.78, 5) is 17.8. The van der Waals surface area contributed by atoms with Gasteiger partial charge in [0.15, 0.2) is 11.5 Å². The maximum atomic E-state index is 12.8. The molecule has 0 saturated carbocycles. The molecule has 8 heteroatoms. The van der Waals surface area contributed by atoms with Crippen LogP contribution in [-0.2, 0) is 13.2 Å². The minimum atomic E-state index is -0.205. The van der Waals surface area contributed by atoms with Crippen molar-refractivity contribution in [1.82, 2.24) is 15.0 Å². The number of hydrogen-bond donors (Lipinski definition) is 1. The number of ether oxygens (including phenoxy) is 2. The number of piperazine rings is 1. The van der Waals surface area contributed by atoms with Gasteiger partial charge < -0.3 is 24.2 Å². The summed E-state index contributed by atoms with van der Waals surface area (Å²) in [6, 6.07) is 13.2. The zero-order valence-corrected chi connectivity index (χ0v) is 21.0. The van der Waals surface area contributed by atoms with Crippen molar-refractivity contribution in [2.24, 2.45) is 0 Å². The Labute approximate surface area is 206 Å². The topological polar surface area (TPSA) is 80.1 Å². The number of benzene rings is 2. The molecule has 8 nitrogen and oxygen atoms in total. The quantitative estimate of drug-likeness (QED) is 0.492. The fourth-order valence-electron chi connectivity index (χ4n) is 4.20. The summed E-state index contributed by atoms with van der Waals surface area (Å²) in [6.07, 6.45) is 0. The highest BCUT2D eigenvalue weighted by molar-refractivity contribution is 6.04. The van der Waals surface area contributed by atoms with Crippen molar-refractivity contribution >= 4 is 11.6 Å². The molecular weight excluding hydrogens is 444 g/mol. The molecule has 186 valence electrons. The number of amides is 1. The molecule has 1 aromatic heterocycles. The summed E-state index contributed by atoms with van der Waals surface area (Å²) in [5, 5.41) is 6.91. The Morgan fingerprint density at radius 1 is 1.03 bits per heavy atom. The van der Waals surface area contributed by atoms with Crippen LogP contribution < -0.4 is 14.8 Å². The maximum absolute atomic E-state index is 12.8. The third-order valence-electron chi connectivity index (χ3n) is 6.51. The summed E-state index contributed by atoms with van der Waals surface area (Å²) in [6.45, 7) is 12.7. The van der Waals surface area contributed by atoms with Crippen LogP contribution in [0.2, 0.25) is 0 Å². The second kappa shape index (κ2) is 11.4. The summed E-state index contributed by atoms with van der Waals surface area (Å²) in [5.74, 6) is 1.56. The molecule has 1 aliphatic rings. The molecule has 0 bridgehead atoms. The molecule has 1 amide bonds. The number of rotatable bonds is 9. The number of aromatic nitrogens is 1. The van der Waals surface area contributed by atoms with E-state index in [0.717, 1.165) is 62.0 Å². The van der Waals surface area contributed by atoms with Gasteiger partial charge in [-0.25, -0.2) is 0 Å². The number of methoxy groups -OCH3 is 1. The van der Waals surface area contributed by atoms with E-state index in [1.807, 2.05) is 26.0 Å². The summed E-state index contributed by atoms with van der Waals surface area (Å²) in [7, 11) is 1.56.